The molecule has 1 fully saturated rings. The maximum atomic E-state index is 6.74. The van der Waals surface area contributed by atoms with Crippen molar-refractivity contribution in [2.24, 2.45) is 11.7 Å². The summed E-state index contributed by atoms with van der Waals surface area (Å²) in [6.07, 6.45) is 9.10. The van der Waals surface area contributed by atoms with Crippen LogP contribution in [-0.4, -0.2) is 55.8 Å². The SMILES string of the molecule is C[N+]1(CC2CCN(CCOc3ccccc3)CC2)CC=CC=C1C(N)c1ccc(Cl)cc1. The minimum atomic E-state index is -0.113. The smallest absolute Gasteiger partial charge is 0.130 e. The van der Waals surface area contributed by atoms with E-state index in [0.717, 1.165) is 60.1 Å². The van der Waals surface area contributed by atoms with Crippen LogP contribution in [0, 0.1) is 5.92 Å². The summed E-state index contributed by atoms with van der Waals surface area (Å²) < 4.78 is 6.77. The highest BCUT2D eigenvalue weighted by atomic mass is 35.5. The molecule has 2 unspecified atom stereocenters. The van der Waals surface area contributed by atoms with Gasteiger partial charge in [0, 0.05) is 17.5 Å². The van der Waals surface area contributed by atoms with Crippen molar-refractivity contribution in [3.8, 4) is 5.75 Å². The van der Waals surface area contributed by atoms with Gasteiger partial charge in [0.1, 0.15) is 30.6 Å². The number of para-hydroxylation sites is 1. The van der Waals surface area contributed by atoms with Gasteiger partial charge in [-0.2, -0.15) is 0 Å². The van der Waals surface area contributed by atoms with Gasteiger partial charge in [0.25, 0.3) is 0 Å². The van der Waals surface area contributed by atoms with E-state index in [1.165, 1.54) is 18.5 Å². The van der Waals surface area contributed by atoms with Gasteiger partial charge in [-0.15, -0.1) is 0 Å². The zero-order chi connectivity index (χ0) is 22.4. The van der Waals surface area contributed by atoms with Gasteiger partial charge in [0.2, 0.25) is 0 Å². The predicted molar refractivity (Wildman–Crippen MR) is 133 cm³/mol. The highest BCUT2D eigenvalue weighted by Crippen LogP contribution is 2.33. The number of allylic oxidation sites excluding steroid dienone is 2. The minimum absolute atomic E-state index is 0.113. The molecule has 2 aliphatic heterocycles. The monoisotopic (exact) mass is 452 g/mol. The molecule has 0 aliphatic carbocycles. The highest BCUT2D eigenvalue weighted by molar-refractivity contribution is 6.30. The fourth-order valence-electron chi connectivity index (χ4n) is 4.98. The molecule has 5 heteroatoms. The molecule has 0 bridgehead atoms. The van der Waals surface area contributed by atoms with Crippen molar-refractivity contribution in [2.45, 2.75) is 18.9 Å². The molecule has 2 aromatic rings. The van der Waals surface area contributed by atoms with Gasteiger partial charge in [-0.25, -0.2) is 0 Å². The fourth-order valence-corrected chi connectivity index (χ4v) is 5.10. The molecule has 1 saturated heterocycles. The summed E-state index contributed by atoms with van der Waals surface area (Å²) >= 11 is 6.08. The maximum absolute atomic E-state index is 6.74. The third kappa shape index (κ3) is 5.81. The Morgan fingerprint density at radius 2 is 1.81 bits per heavy atom. The van der Waals surface area contributed by atoms with Gasteiger partial charge < -0.3 is 10.5 Å². The second-order valence-electron chi connectivity index (χ2n) is 9.26. The topological polar surface area (TPSA) is 38.5 Å². The third-order valence-corrected chi connectivity index (χ3v) is 7.12. The van der Waals surface area contributed by atoms with Crippen molar-refractivity contribution in [2.75, 3.05) is 46.4 Å². The Balaban J connectivity index is 1.29. The lowest BCUT2D eigenvalue weighted by Crippen LogP contribution is -2.51. The Hall–Kier alpha value is -2.11. The van der Waals surface area contributed by atoms with Crippen LogP contribution >= 0.6 is 11.6 Å². The number of benzene rings is 2. The number of quaternary nitrogens is 1. The number of nitrogens with two attached hydrogens (primary N) is 1. The van der Waals surface area contributed by atoms with Crippen LogP contribution in [0.25, 0.3) is 0 Å². The molecule has 2 aliphatic rings. The predicted octanol–water partition coefficient (Wildman–Crippen LogP) is 5.03. The Kier molecular flexibility index (Phi) is 7.69. The quantitative estimate of drug-likeness (QED) is 0.571. The number of rotatable bonds is 8. The largest absolute Gasteiger partial charge is 0.492 e. The highest BCUT2D eigenvalue weighted by Gasteiger charge is 2.36. The second-order valence-corrected chi connectivity index (χ2v) is 9.69. The van der Waals surface area contributed by atoms with Gasteiger partial charge in [-0.1, -0.05) is 48.0 Å². The number of hydrogen-bond donors (Lipinski definition) is 1. The minimum Gasteiger partial charge on any atom is -0.492 e. The number of halogens is 1. The molecule has 2 aromatic carbocycles. The molecule has 2 N–H and O–H groups in total. The van der Waals surface area contributed by atoms with E-state index in [0.29, 0.717) is 5.92 Å². The first kappa shape index (κ1) is 23.1. The molecular formula is C27H35ClN3O+. The molecular weight excluding hydrogens is 418 g/mol. The molecule has 32 heavy (non-hydrogen) atoms. The summed E-state index contributed by atoms with van der Waals surface area (Å²) in [4.78, 5) is 2.53. The normalized spacial score (nSPS) is 23.0. The van der Waals surface area contributed by atoms with E-state index >= 15 is 0 Å². The molecule has 0 spiro atoms. The summed E-state index contributed by atoms with van der Waals surface area (Å²) in [5, 5.41) is 0.747. The Bertz CT molecular complexity index is 920. The lowest BCUT2D eigenvalue weighted by atomic mass is 9.92. The first-order valence-corrected chi connectivity index (χ1v) is 12.0. The van der Waals surface area contributed by atoms with Crippen LogP contribution in [0.3, 0.4) is 0 Å². The number of piperidine rings is 1. The van der Waals surface area contributed by atoms with Gasteiger partial charge in [0.15, 0.2) is 0 Å². The van der Waals surface area contributed by atoms with Crippen LogP contribution in [0.15, 0.2) is 78.5 Å². The standard InChI is InChI=1S/C27H35ClN3O/c1-31(19-6-5-9-26(31)27(29)23-10-12-24(28)13-11-23)21-22-14-16-30(17-15-22)18-20-32-25-7-3-2-4-8-25/h2-13,22,27H,14-21,29H2,1H3/q+1. The first-order chi connectivity index (χ1) is 15.5. The van der Waals surface area contributed by atoms with Gasteiger partial charge in [-0.3, -0.25) is 9.38 Å². The molecule has 0 aromatic heterocycles. The first-order valence-electron chi connectivity index (χ1n) is 11.7. The van der Waals surface area contributed by atoms with Crippen molar-refractivity contribution < 1.29 is 9.22 Å². The van der Waals surface area contributed by atoms with Crippen LogP contribution in [0.4, 0.5) is 0 Å². The fraction of sp³-hybridized carbons (Fsp3) is 0.407. The van der Waals surface area contributed by atoms with Crippen molar-refractivity contribution in [3.05, 3.63) is 89.1 Å². The third-order valence-electron chi connectivity index (χ3n) is 6.87. The molecule has 2 heterocycles. The van der Waals surface area contributed by atoms with Gasteiger partial charge >= 0.3 is 0 Å². The van der Waals surface area contributed by atoms with E-state index in [-0.39, 0.29) is 6.04 Å². The van der Waals surface area contributed by atoms with Crippen molar-refractivity contribution >= 4 is 11.6 Å². The molecule has 4 rings (SSSR count). The number of likely N-dealkylation sites (tertiary alicyclic amines) is 1. The Morgan fingerprint density at radius 3 is 2.53 bits per heavy atom. The van der Waals surface area contributed by atoms with Gasteiger partial charge in [-0.05, 0) is 67.9 Å². The molecule has 2 atom stereocenters. The Morgan fingerprint density at radius 1 is 1.09 bits per heavy atom. The molecule has 0 radical (unpaired) electrons. The average Bonchev–Trinajstić information content (AvgIpc) is 2.81. The number of ether oxygens (including phenoxy) is 1. The average molecular weight is 453 g/mol. The maximum Gasteiger partial charge on any atom is 0.130 e. The number of nitrogens with zero attached hydrogens (tertiary/aromatic N) is 2. The molecule has 4 nitrogen and oxygen atoms in total. The van der Waals surface area contributed by atoms with E-state index in [9.17, 15) is 0 Å². The molecule has 0 saturated carbocycles. The van der Waals surface area contributed by atoms with Crippen LogP contribution in [0.5, 0.6) is 5.75 Å². The van der Waals surface area contributed by atoms with Gasteiger partial charge in [0.05, 0.1) is 13.6 Å². The number of hydrogen-bond acceptors (Lipinski definition) is 3. The van der Waals surface area contributed by atoms with E-state index in [2.05, 4.69) is 30.2 Å². The van der Waals surface area contributed by atoms with Crippen molar-refractivity contribution in [3.63, 3.8) is 0 Å². The summed E-state index contributed by atoms with van der Waals surface area (Å²) in [6.45, 7) is 6.14. The lowest BCUT2D eigenvalue weighted by Gasteiger charge is -2.43. The summed E-state index contributed by atoms with van der Waals surface area (Å²) in [5.74, 6) is 1.66. The van der Waals surface area contributed by atoms with Crippen LogP contribution in [-0.2, 0) is 0 Å². The summed E-state index contributed by atoms with van der Waals surface area (Å²) in [5.41, 5.74) is 9.15. The summed E-state index contributed by atoms with van der Waals surface area (Å²) in [7, 11) is 2.34. The van der Waals surface area contributed by atoms with Crippen LogP contribution < -0.4 is 10.5 Å². The summed E-state index contributed by atoms with van der Waals surface area (Å²) in [6, 6.07) is 17.9. The van der Waals surface area contributed by atoms with E-state index in [4.69, 9.17) is 22.1 Å². The molecule has 0 amide bonds. The van der Waals surface area contributed by atoms with E-state index < -0.39 is 0 Å². The second kappa shape index (κ2) is 10.7. The zero-order valence-electron chi connectivity index (χ0n) is 19.0. The Labute approximate surface area is 197 Å². The lowest BCUT2D eigenvalue weighted by molar-refractivity contribution is -0.873. The zero-order valence-corrected chi connectivity index (χ0v) is 19.8. The van der Waals surface area contributed by atoms with E-state index in [1.54, 1.807) is 0 Å². The van der Waals surface area contributed by atoms with Crippen LogP contribution in [0.1, 0.15) is 24.4 Å². The molecule has 170 valence electrons. The van der Waals surface area contributed by atoms with Crippen molar-refractivity contribution in [1.82, 2.24) is 4.90 Å². The van der Waals surface area contributed by atoms with Crippen molar-refractivity contribution in [1.29, 1.82) is 0 Å². The van der Waals surface area contributed by atoms with Crippen LogP contribution in [0.2, 0.25) is 5.02 Å². The van der Waals surface area contributed by atoms with E-state index in [1.807, 2.05) is 54.6 Å². The number of likely N-dealkylation sites (N-methyl/N-ethyl adjacent to an activating group) is 1.